The maximum absolute atomic E-state index is 11.0. The number of carbonyl (C=O) groups is 1. The van der Waals surface area contributed by atoms with Crippen LogP contribution in [0.15, 0.2) is 52.9 Å². The van der Waals surface area contributed by atoms with Gasteiger partial charge in [-0.1, -0.05) is 24.3 Å². The zero-order chi connectivity index (χ0) is 19.5. The summed E-state index contributed by atoms with van der Waals surface area (Å²) < 4.78 is 11.6. The average Bonchev–Trinajstić information content (AvgIpc) is 3.36. The number of thioether (sulfide) groups is 1. The van der Waals surface area contributed by atoms with E-state index >= 15 is 0 Å². The molecule has 1 aliphatic heterocycles. The van der Waals surface area contributed by atoms with E-state index in [-0.39, 0.29) is 5.37 Å². The van der Waals surface area contributed by atoms with Crippen LogP contribution in [0, 0.1) is 0 Å². The van der Waals surface area contributed by atoms with Crippen LogP contribution in [0.2, 0.25) is 0 Å². The zero-order valence-corrected chi connectivity index (χ0v) is 16.2. The molecule has 2 N–H and O–H groups in total. The lowest BCUT2D eigenvalue weighted by Crippen LogP contribution is -2.33. The number of nitrogens with one attached hydrogen (secondary N) is 1. The van der Waals surface area contributed by atoms with Crippen LogP contribution in [-0.2, 0) is 4.79 Å². The van der Waals surface area contributed by atoms with Gasteiger partial charge in [-0.15, -0.1) is 11.8 Å². The molecule has 28 heavy (non-hydrogen) atoms. The number of fused-ring (bicyclic) bond motifs is 1. The maximum Gasteiger partial charge on any atom is 0.321 e. The third-order valence-corrected chi connectivity index (χ3v) is 5.83. The first-order valence-electron chi connectivity index (χ1n) is 9.00. The van der Waals surface area contributed by atoms with Crippen LogP contribution in [0.4, 0.5) is 6.01 Å². The summed E-state index contributed by atoms with van der Waals surface area (Å²) in [6.45, 7) is 1.13. The van der Waals surface area contributed by atoms with Crippen LogP contribution in [-0.4, -0.2) is 48.1 Å². The topological polar surface area (TPSA) is 87.8 Å². The van der Waals surface area contributed by atoms with Crippen molar-refractivity contribution in [2.75, 3.05) is 30.9 Å². The van der Waals surface area contributed by atoms with Gasteiger partial charge in [-0.3, -0.25) is 10.1 Å². The highest BCUT2D eigenvalue weighted by Crippen LogP contribution is 2.33. The van der Waals surface area contributed by atoms with E-state index in [1.54, 1.807) is 11.8 Å². The lowest BCUT2D eigenvalue weighted by atomic mass is 10.2. The number of hydrogen-bond donors (Lipinski definition) is 2. The average molecular weight is 399 g/mol. The van der Waals surface area contributed by atoms with Gasteiger partial charge in [0.2, 0.25) is 0 Å². The van der Waals surface area contributed by atoms with Gasteiger partial charge >= 0.3 is 5.97 Å². The molecule has 1 unspecified atom stereocenters. The monoisotopic (exact) mass is 399 g/mol. The summed E-state index contributed by atoms with van der Waals surface area (Å²) in [7, 11) is 1.92. The third-order valence-electron chi connectivity index (χ3n) is 4.57. The number of carboxylic acids is 1. The predicted octanol–water partition coefficient (Wildman–Crippen LogP) is 3.13. The van der Waals surface area contributed by atoms with E-state index in [1.807, 2.05) is 60.5 Å². The van der Waals surface area contributed by atoms with E-state index in [0.29, 0.717) is 24.9 Å². The van der Waals surface area contributed by atoms with Gasteiger partial charge in [0.25, 0.3) is 6.01 Å². The molecule has 0 bridgehead atoms. The first-order chi connectivity index (χ1) is 13.6. The molecule has 1 aromatic heterocycles. The molecule has 1 fully saturated rings. The number of nitrogens with zero attached hydrogens (tertiary/aromatic N) is 2. The Bertz CT molecular complexity index is 926. The molecule has 7 nitrogen and oxygen atoms in total. The number of oxazole rings is 1. The summed E-state index contributed by atoms with van der Waals surface area (Å²) in [5.41, 5.74) is 2.65. The van der Waals surface area contributed by atoms with E-state index in [0.717, 1.165) is 22.4 Å². The number of likely N-dealkylation sites (N-methyl/N-ethyl adjacent to an activating group) is 1. The van der Waals surface area contributed by atoms with Gasteiger partial charge in [0.05, 0.1) is 11.9 Å². The van der Waals surface area contributed by atoms with E-state index in [4.69, 9.17) is 14.3 Å². The minimum atomic E-state index is -0.807. The predicted molar refractivity (Wildman–Crippen MR) is 109 cm³/mol. The van der Waals surface area contributed by atoms with Gasteiger partial charge in [-0.25, -0.2) is 0 Å². The number of carboxylic acid groups (broad SMARTS) is 1. The molecule has 1 saturated heterocycles. The van der Waals surface area contributed by atoms with Crippen molar-refractivity contribution in [2.45, 2.75) is 11.4 Å². The fourth-order valence-corrected chi connectivity index (χ4v) is 4.20. The van der Waals surface area contributed by atoms with Crippen molar-refractivity contribution in [3.8, 4) is 5.75 Å². The van der Waals surface area contributed by atoms with Gasteiger partial charge in [0.15, 0.2) is 5.58 Å². The summed E-state index contributed by atoms with van der Waals surface area (Å²) >= 11 is 1.60. The second kappa shape index (κ2) is 8.12. The number of aliphatic carboxylic acids is 1. The summed E-state index contributed by atoms with van der Waals surface area (Å²) in [5.74, 6) is 0.533. The number of benzene rings is 2. The van der Waals surface area contributed by atoms with E-state index in [9.17, 15) is 4.79 Å². The highest BCUT2D eigenvalue weighted by Gasteiger charge is 2.30. The lowest BCUT2D eigenvalue weighted by molar-refractivity contribution is -0.138. The molecule has 0 aliphatic carbocycles. The molecule has 146 valence electrons. The Labute approximate surface area is 166 Å². The van der Waals surface area contributed by atoms with E-state index in [1.165, 1.54) is 0 Å². The molecule has 2 atom stereocenters. The van der Waals surface area contributed by atoms with Crippen LogP contribution in [0.25, 0.3) is 11.1 Å². The van der Waals surface area contributed by atoms with Crippen LogP contribution in [0.3, 0.4) is 0 Å². The van der Waals surface area contributed by atoms with Crippen molar-refractivity contribution in [2.24, 2.45) is 0 Å². The Morgan fingerprint density at radius 3 is 2.82 bits per heavy atom. The second-order valence-corrected chi connectivity index (χ2v) is 7.71. The molecule has 4 rings (SSSR count). The fourth-order valence-electron chi connectivity index (χ4n) is 2.96. The highest BCUT2D eigenvalue weighted by molar-refractivity contribution is 7.99. The van der Waals surface area contributed by atoms with Crippen molar-refractivity contribution in [3.63, 3.8) is 0 Å². The molecule has 0 saturated carbocycles. The normalized spacial score (nSPS) is 19.0. The van der Waals surface area contributed by atoms with Crippen molar-refractivity contribution in [1.29, 1.82) is 0 Å². The molecule has 8 heteroatoms. The Hall–Kier alpha value is -2.71. The van der Waals surface area contributed by atoms with Crippen LogP contribution in [0.5, 0.6) is 5.75 Å². The zero-order valence-electron chi connectivity index (χ0n) is 15.4. The number of hydrogen-bond acceptors (Lipinski definition) is 7. The molecule has 0 amide bonds. The van der Waals surface area contributed by atoms with Gasteiger partial charge in [-0.2, -0.15) is 4.98 Å². The molecule has 1 aliphatic rings. The Balaban J connectivity index is 1.28. The third kappa shape index (κ3) is 4.07. The van der Waals surface area contributed by atoms with Crippen LogP contribution >= 0.6 is 11.8 Å². The Morgan fingerprint density at radius 2 is 2.11 bits per heavy atom. The quantitative estimate of drug-likeness (QED) is 0.627. The van der Waals surface area contributed by atoms with Crippen molar-refractivity contribution < 1.29 is 19.1 Å². The summed E-state index contributed by atoms with van der Waals surface area (Å²) in [4.78, 5) is 17.4. The minimum absolute atomic E-state index is 0.000410. The SMILES string of the molecule is CN(CCOc1ccc([C@@H]2NC(C(=O)O)CS2)cc1)c1nc2ccccc2o1. The molecule has 2 heterocycles. The lowest BCUT2D eigenvalue weighted by Gasteiger charge is -2.15. The molecule has 0 spiro atoms. The van der Waals surface area contributed by atoms with Gasteiger partial charge in [-0.05, 0) is 29.8 Å². The molecule has 0 radical (unpaired) electrons. The molecular formula is C20H21N3O4S. The number of ether oxygens (including phenoxy) is 1. The number of rotatable bonds is 7. The number of aromatic nitrogens is 1. The highest BCUT2D eigenvalue weighted by atomic mass is 32.2. The Morgan fingerprint density at radius 1 is 1.32 bits per heavy atom. The second-order valence-electron chi connectivity index (χ2n) is 6.57. The first kappa shape index (κ1) is 18.6. The first-order valence-corrected chi connectivity index (χ1v) is 10.0. The summed E-state index contributed by atoms with van der Waals surface area (Å²) in [6.07, 6.45) is 0. The maximum atomic E-state index is 11.0. The van der Waals surface area contributed by atoms with Gasteiger partial charge in [0.1, 0.15) is 23.9 Å². The minimum Gasteiger partial charge on any atom is -0.492 e. The number of para-hydroxylation sites is 2. The summed E-state index contributed by atoms with van der Waals surface area (Å²) in [5, 5.41) is 12.2. The molecule has 3 aromatic rings. The van der Waals surface area contributed by atoms with Gasteiger partial charge in [0, 0.05) is 12.8 Å². The fraction of sp³-hybridized carbons (Fsp3) is 0.300. The molecule has 2 aromatic carbocycles. The van der Waals surface area contributed by atoms with Crippen molar-refractivity contribution >= 4 is 34.8 Å². The summed E-state index contributed by atoms with van der Waals surface area (Å²) in [6, 6.07) is 15.5. The standard InChI is InChI=1S/C20H21N3O4S/c1-23(20-22-15-4-2-3-5-17(15)27-20)10-11-26-14-8-6-13(7-9-14)18-21-16(12-28-18)19(24)25/h2-9,16,18,21H,10-12H2,1H3,(H,24,25)/t16?,18-/m1/s1. The Kier molecular flexibility index (Phi) is 5.40. The molecular weight excluding hydrogens is 378 g/mol. The van der Waals surface area contributed by atoms with E-state index in [2.05, 4.69) is 10.3 Å². The van der Waals surface area contributed by atoms with Gasteiger partial charge < -0.3 is 19.2 Å². The van der Waals surface area contributed by atoms with Crippen molar-refractivity contribution in [1.82, 2.24) is 10.3 Å². The largest absolute Gasteiger partial charge is 0.492 e. The van der Waals surface area contributed by atoms with Crippen LogP contribution < -0.4 is 15.0 Å². The van der Waals surface area contributed by atoms with Crippen LogP contribution in [0.1, 0.15) is 10.9 Å². The van der Waals surface area contributed by atoms with Crippen molar-refractivity contribution in [3.05, 3.63) is 54.1 Å². The smallest absolute Gasteiger partial charge is 0.321 e. The number of anilines is 1. The van der Waals surface area contributed by atoms with E-state index < -0.39 is 12.0 Å².